The van der Waals surface area contributed by atoms with E-state index in [1.807, 2.05) is 64.1 Å². The van der Waals surface area contributed by atoms with Crippen molar-refractivity contribution in [1.82, 2.24) is 5.32 Å². The number of ether oxygens (including phenoxy) is 1. The van der Waals surface area contributed by atoms with Crippen LogP contribution in [0.25, 0.3) is 0 Å². The fraction of sp³-hybridized carbons (Fsp3) is 0.381. The van der Waals surface area contributed by atoms with Crippen molar-refractivity contribution < 1.29 is 13.9 Å². The molecule has 0 aliphatic heterocycles. The molecule has 1 atom stereocenters. The number of benzene rings is 2. The van der Waals surface area contributed by atoms with E-state index in [9.17, 15) is 9.18 Å². The largest absolute Gasteiger partial charge is 0.444 e. The average Bonchev–Trinajstić information content (AvgIpc) is 2.49. The van der Waals surface area contributed by atoms with Gasteiger partial charge in [-0.05, 0) is 69.4 Å². The van der Waals surface area contributed by atoms with E-state index in [-0.39, 0.29) is 11.9 Å². The van der Waals surface area contributed by atoms with Crippen molar-refractivity contribution in [2.75, 3.05) is 0 Å². The van der Waals surface area contributed by atoms with Crippen molar-refractivity contribution >= 4 is 6.09 Å². The lowest BCUT2D eigenvalue weighted by atomic mass is 10.0. The van der Waals surface area contributed by atoms with Gasteiger partial charge in [0, 0.05) is 0 Å². The zero-order chi connectivity index (χ0) is 18.6. The molecule has 4 heteroatoms. The molecule has 0 aliphatic carbocycles. The maximum absolute atomic E-state index is 13.3. The van der Waals surface area contributed by atoms with Crippen LogP contribution in [0.2, 0.25) is 0 Å². The number of hydrogen-bond donors (Lipinski definition) is 1. The number of nitrogens with one attached hydrogen (secondary N) is 1. The maximum Gasteiger partial charge on any atom is 0.408 e. The van der Waals surface area contributed by atoms with E-state index in [4.69, 9.17) is 4.74 Å². The first kappa shape index (κ1) is 19.0. The van der Waals surface area contributed by atoms with E-state index in [1.165, 1.54) is 6.07 Å². The lowest BCUT2D eigenvalue weighted by Crippen LogP contribution is -2.34. The molecule has 0 aliphatic rings. The van der Waals surface area contributed by atoms with Gasteiger partial charge in [-0.1, -0.05) is 36.4 Å². The van der Waals surface area contributed by atoms with Gasteiger partial charge in [-0.2, -0.15) is 0 Å². The van der Waals surface area contributed by atoms with Gasteiger partial charge >= 0.3 is 6.09 Å². The van der Waals surface area contributed by atoms with Crippen molar-refractivity contribution in [1.29, 1.82) is 0 Å². The molecule has 0 heterocycles. The van der Waals surface area contributed by atoms with Gasteiger partial charge < -0.3 is 10.1 Å². The highest BCUT2D eigenvalue weighted by atomic mass is 19.1. The lowest BCUT2D eigenvalue weighted by Gasteiger charge is -2.22. The summed E-state index contributed by atoms with van der Waals surface area (Å²) in [6.07, 6.45) is 0.320. The summed E-state index contributed by atoms with van der Waals surface area (Å²) in [5, 5.41) is 2.83. The summed E-state index contributed by atoms with van der Waals surface area (Å²) < 4.78 is 18.6. The molecule has 0 bridgehead atoms. The fourth-order valence-electron chi connectivity index (χ4n) is 2.54. The highest BCUT2D eigenvalue weighted by molar-refractivity contribution is 5.68. The molecule has 0 saturated heterocycles. The molecule has 1 amide bonds. The van der Waals surface area contributed by atoms with Crippen molar-refractivity contribution in [3.63, 3.8) is 0 Å². The van der Waals surface area contributed by atoms with Crippen LogP contribution in [0.4, 0.5) is 9.18 Å². The van der Waals surface area contributed by atoms with Crippen molar-refractivity contribution in [3.05, 3.63) is 70.5 Å². The number of carbonyl (C=O) groups excluding carboxylic acids is 1. The number of alkyl carbamates (subject to hydrolysis) is 1. The van der Waals surface area contributed by atoms with Crippen molar-refractivity contribution in [2.45, 2.75) is 52.7 Å². The topological polar surface area (TPSA) is 38.3 Å². The molecule has 2 aromatic carbocycles. The van der Waals surface area contributed by atoms with Crippen molar-refractivity contribution in [2.24, 2.45) is 0 Å². The van der Waals surface area contributed by atoms with E-state index in [2.05, 4.69) is 5.32 Å². The summed E-state index contributed by atoms with van der Waals surface area (Å²) >= 11 is 0. The molecule has 25 heavy (non-hydrogen) atoms. The predicted molar refractivity (Wildman–Crippen MR) is 98.2 cm³/mol. The number of aryl methyl sites for hydroxylation is 1. The molecule has 1 N–H and O–H groups in total. The summed E-state index contributed by atoms with van der Waals surface area (Å²) in [5.41, 5.74) is 3.36. The van der Waals surface area contributed by atoms with Crippen LogP contribution in [0.15, 0.2) is 42.5 Å². The van der Waals surface area contributed by atoms with Gasteiger partial charge in [0.2, 0.25) is 0 Å². The SMILES string of the molecule is Cc1cc(Cc2ccc(C(C)NC(=O)OC(C)(C)C)cc2)ccc1F. The number of halogens is 1. The van der Waals surface area contributed by atoms with E-state index >= 15 is 0 Å². The van der Waals surface area contributed by atoms with Crippen LogP contribution < -0.4 is 5.32 Å². The second-order valence-electron chi connectivity index (χ2n) is 7.37. The third kappa shape index (κ3) is 5.89. The summed E-state index contributed by atoms with van der Waals surface area (Å²) in [6, 6.07) is 13.1. The Labute approximate surface area is 149 Å². The fourth-order valence-corrected chi connectivity index (χ4v) is 2.54. The summed E-state index contributed by atoms with van der Waals surface area (Å²) in [5.74, 6) is -0.179. The average molecular weight is 343 g/mol. The minimum atomic E-state index is -0.513. The first-order valence-corrected chi connectivity index (χ1v) is 8.47. The molecular formula is C21H26FNO2. The first-order chi connectivity index (χ1) is 11.6. The third-order valence-electron chi connectivity index (χ3n) is 3.84. The molecule has 134 valence electrons. The van der Waals surface area contributed by atoms with Gasteiger partial charge in [-0.25, -0.2) is 9.18 Å². The molecule has 0 radical (unpaired) electrons. The minimum Gasteiger partial charge on any atom is -0.444 e. The van der Waals surface area contributed by atoms with Gasteiger partial charge in [0.1, 0.15) is 11.4 Å². The molecule has 0 aromatic heterocycles. The first-order valence-electron chi connectivity index (χ1n) is 8.47. The maximum atomic E-state index is 13.3. The van der Waals surface area contributed by atoms with Gasteiger partial charge in [-0.15, -0.1) is 0 Å². The molecule has 0 saturated carbocycles. The monoisotopic (exact) mass is 343 g/mol. The number of hydrogen-bond acceptors (Lipinski definition) is 2. The third-order valence-corrected chi connectivity index (χ3v) is 3.84. The molecule has 0 spiro atoms. The van der Waals surface area contributed by atoms with Crippen LogP contribution in [0.1, 0.15) is 56.0 Å². The van der Waals surface area contributed by atoms with E-state index < -0.39 is 11.7 Å². The smallest absolute Gasteiger partial charge is 0.408 e. The quantitative estimate of drug-likeness (QED) is 0.817. The standard InChI is InChI=1S/C21H26FNO2/c1-14-12-17(8-11-19(14)22)13-16-6-9-18(10-7-16)15(2)23-20(24)25-21(3,4)5/h6-12,15H,13H2,1-5H3,(H,23,24). The van der Waals surface area contributed by atoms with Crippen LogP contribution in [0.3, 0.4) is 0 Å². The molecule has 2 aromatic rings. The number of amides is 1. The Kier molecular flexibility index (Phi) is 5.83. The van der Waals surface area contributed by atoms with Crippen molar-refractivity contribution in [3.8, 4) is 0 Å². The Morgan fingerprint density at radius 3 is 2.28 bits per heavy atom. The van der Waals surface area contributed by atoms with Gasteiger partial charge in [0.25, 0.3) is 0 Å². The minimum absolute atomic E-state index is 0.142. The highest BCUT2D eigenvalue weighted by Crippen LogP contribution is 2.18. The summed E-state index contributed by atoms with van der Waals surface area (Å²) in [7, 11) is 0. The van der Waals surface area contributed by atoms with E-state index in [1.54, 1.807) is 6.92 Å². The Morgan fingerprint density at radius 1 is 1.12 bits per heavy atom. The van der Waals surface area contributed by atoms with E-state index in [0.29, 0.717) is 5.56 Å². The number of rotatable bonds is 4. The van der Waals surface area contributed by atoms with Crippen LogP contribution in [-0.2, 0) is 11.2 Å². The van der Waals surface area contributed by atoms with Gasteiger partial charge in [0.05, 0.1) is 6.04 Å². The Balaban J connectivity index is 1.99. The second kappa shape index (κ2) is 7.68. The van der Waals surface area contributed by atoms with Crippen LogP contribution in [0.5, 0.6) is 0 Å². The molecule has 1 unspecified atom stereocenters. The lowest BCUT2D eigenvalue weighted by molar-refractivity contribution is 0.0508. The highest BCUT2D eigenvalue weighted by Gasteiger charge is 2.18. The molecular weight excluding hydrogens is 317 g/mol. The molecule has 2 rings (SSSR count). The van der Waals surface area contributed by atoms with Crippen LogP contribution >= 0.6 is 0 Å². The molecule has 0 fully saturated rings. The van der Waals surface area contributed by atoms with Crippen LogP contribution in [-0.4, -0.2) is 11.7 Å². The second-order valence-corrected chi connectivity index (χ2v) is 7.37. The van der Waals surface area contributed by atoms with Gasteiger partial charge in [0.15, 0.2) is 0 Å². The van der Waals surface area contributed by atoms with E-state index in [0.717, 1.165) is 23.1 Å². The summed E-state index contributed by atoms with van der Waals surface area (Å²) in [6.45, 7) is 9.20. The Bertz CT molecular complexity index is 733. The number of carbonyl (C=O) groups is 1. The summed E-state index contributed by atoms with van der Waals surface area (Å²) in [4.78, 5) is 11.8. The Morgan fingerprint density at radius 2 is 1.72 bits per heavy atom. The van der Waals surface area contributed by atoms with Crippen LogP contribution in [0, 0.1) is 12.7 Å². The zero-order valence-electron chi connectivity index (χ0n) is 15.5. The zero-order valence-corrected chi connectivity index (χ0v) is 15.5. The normalized spacial score (nSPS) is 12.6. The van der Waals surface area contributed by atoms with Gasteiger partial charge in [-0.3, -0.25) is 0 Å². The molecule has 3 nitrogen and oxygen atoms in total. The predicted octanol–water partition coefficient (Wildman–Crippen LogP) is 5.31. The Hall–Kier alpha value is -2.36.